The highest BCUT2D eigenvalue weighted by molar-refractivity contribution is 9.10. The van der Waals surface area contributed by atoms with Crippen molar-refractivity contribution in [3.05, 3.63) is 28.2 Å². The van der Waals surface area contributed by atoms with E-state index in [0.717, 1.165) is 10.4 Å². The maximum atomic E-state index is 13.8. The summed E-state index contributed by atoms with van der Waals surface area (Å²) in [7, 11) is -4.24. The highest BCUT2D eigenvalue weighted by Crippen LogP contribution is 2.30. The van der Waals surface area contributed by atoms with E-state index in [1.54, 1.807) is 0 Å². The molecule has 1 N–H and O–H groups in total. The molecule has 1 unspecified atom stereocenters. The van der Waals surface area contributed by atoms with Crippen LogP contribution in [0.2, 0.25) is 0 Å². The Bertz CT molecular complexity index is 643. The first kappa shape index (κ1) is 15.3. The summed E-state index contributed by atoms with van der Waals surface area (Å²) in [6.07, 6.45) is 0. The molecule has 1 amide bonds. The van der Waals surface area contributed by atoms with Crippen LogP contribution in [-0.2, 0) is 14.8 Å². The second-order valence-electron chi connectivity index (χ2n) is 4.28. The van der Waals surface area contributed by atoms with Crippen LogP contribution >= 0.6 is 15.9 Å². The predicted octanol–water partition coefficient (Wildman–Crippen LogP) is 1.24. The van der Waals surface area contributed by atoms with Crippen LogP contribution < -0.4 is 5.32 Å². The first-order chi connectivity index (χ1) is 9.25. The number of hydrogen-bond donors (Lipinski definition) is 1. The summed E-state index contributed by atoms with van der Waals surface area (Å²) in [6, 6.07) is 0.405. The smallest absolute Gasteiger partial charge is 0.247 e. The average Bonchev–Trinajstić information content (AvgIpc) is 2.30. The molecule has 1 aliphatic heterocycles. The molecule has 0 aromatic heterocycles. The number of rotatable bonds is 2. The molecule has 0 saturated carbocycles. The molecule has 1 aromatic carbocycles. The molecule has 0 bridgehead atoms. The van der Waals surface area contributed by atoms with Gasteiger partial charge in [-0.3, -0.25) is 4.79 Å². The van der Waals surface area contributed by atoms with Crippen molar-refractivity contribution in [1.82, 2.24) is 9.62 Å². The Kier molecular flexibility index (Phi) is 4.12. The molecule has 20 heavy (non-hydrogen) atoms. The summed E-state index contributed by atoms with van der Waals surface area (Å²) in [6.45, 7) is 1.57. The van der Waals surface area contributed by atoms with Crippen molar-refractivity contribution >= 4 is 31.9 Å². The van der Waals surface area contributed by atoms with Crippen molar-refractivity contribution in [2.75, 3.05) is 13.1 Å². The van der Waals surface area contributed by atoms with Gasteiger partial charge < -0.3 is 5.32 Å². The van der Waals surface area contributed by atoms with Crippen LogP contribution in [0, 0.1) is 11.6 Å². The molecule has 2 rings (SSSR count). The zero-order valence-corrected chi connectivity index (χ0v) is 12.8. The van der Waals surface area contributed by atoms with Crippen molar-refractivity contribution < 1.29 is 22.0 Å². The molecular weight excluding hydrogens is 358 g/mol. The maximum absolute atomic E-state index is 13.8. The largest absolute Gasteiger partial charge is 0.353 e. The third-order valence-corrected chi connectivity index (χ3v) is 5.91. The SMILES string of the molecule is CC1C(=O)NCCN1S(=O)(=O)c1c(F)cc(F)cc1Br. The summed E-state index contributed by atoms with van der Waals surface area (Å²) < 4.78 is 52.4. The van der Waals surface area contributed by atoms with E-state index in [0.29, 0.717) is 6.07 Å². The molecule has 1 heterocycles. The van der Waals surface area contributed by atoms with Gasteiger partial charge in [0.1, 0.15) is 22.6 Å². The summed E-state index contributed by atoms with van der Waals surface area (Å²) >= 11 is 2.85. The van der Waals surface area contributed by atoms with E-state index in [1.165, 1.54) is 6.92 Å². The minimum Gasteiger partial charge on any atom is -0.353 e. The number of nitrogens with one attached hydrogen (secondary N) is 1. The molecular formula is C11H11BrF2N2O3S. The average molecular weight is 369 g/mol. The van der Waals surface area contributed by atoms with E-state index in [9.17, 15) is 22.0 Å². The lowest BCUT2D eigenvalue weighted by Gasteiger charge is -2.32. The lowest BCUT2D eigenvalue weighted by molar-refractivity contribution is -0.126. The monoisotopic (exact) mass is 368 g/mol. The van der Waals surface area contributed by atoms with Gasteiger partial charge >= 0.3 is 0 Å². The Morgan fingerprint density at radius 2 is 2.05 bits per heavy atom. The van der Waals surface area contributed by atoms with Gasteiger partial charge in [-0.25, -0.2) is 17.2 Å². The van der Waals surface area contributed by atoms with Gasteiger partial charge in [-0.2, -0.15) is 4.31 Å². The summed E-state index contributed by atoms with van der Waals surface area (Å²) in [5.74, 6) is -2.55. The number of amides is 1. The van der Waals surface area contributed by atoms with Crippen molar-refractivity contribution in [2.24, 2.45) is 0 Å². The Morgan fingerprint density at radius 3 is 2.65 bits per heavy atom. The number of nitrogens with zero attached hydrogens (tertiary/aromatic N) is 1. The van der Waals surface area contributed by atoms with Gasteiger partial charge in [0.05, 0.1) is 0 Å². The molecule has 1 aromatic rings. The zero-order valence-electron chi connectivity index (χ0n) is 10.4. The third kappa shape index (κ3) is 2.57. The van der Waals surface area contributed by atoms with Crippen LogP contribution in [0.15, 0.2) is 21.5 Å². The summed E-state index contributed by atoms with van der Waals surface area (Å²) in [4.78, 5) is 10.9. The fraction of sp³-hybridized carbons (Fsp3) is 0.364. The minimum absolute atomic E-state index is 0.0263. The Labute approximate surface area is 123 Å². The Balaban J connectivity index is 2.53. The molecule has 0 spiro atoms. The maximum Gasteiger partial charge on any atom is 0.247 e. The number of halogens is 3. The standard InChI is InChI=1S/C11H11BrF2N2O3S/c1-6-11(17)15-2-3-16(6)20(18,19)10-8(12)4-7(13)5-9(10)14/h4-6H,2-3H2,1H3,(H,15,17). The number of hydrogen-bond acceptors (Lipinski definition) is 3. The molecule has 1 saturated heterocycles. The molecule has 0 aliphatic carbocycles. The van der Waals surface area contributed by atoms with Crippen LogP contribution in [0.25, 0.3) is 0 Å². The van der Waals surface area contributed by atoms with Gasteiger partial charge in [0.2, 0.25) is 15.9 Å². The van der Waals surface area contributed by atoms with E-state index in [1.807, 2.05) is 0 Å². The Morgan fingerprint density at radius 1 is 1.40 bits per heavy atom. The van der Waals surface area contributed by atoms with Gasteiger partial charge in [0.25, 0.3) is 0 Å². The van der Waals surface area contributed by atoms with Gasteiger partial charge in [0.15, 0.2) is 0 Å². The van der Waals surface area contributed by atoms with Gasteiger partial charge in [-0.1, -0.05) is 0 Å². The normalized spacial score (nSPS) is 20.8. The van der Waals surface area contributed by atoms with Crippen LogP contribution in [0.5, 0.6) is 0 Å². The van der Waals surface area contributed by atoms with Crippen molar-refractivity contribution in [3.63, 3.8) is 0 Å². The highest BCUT2D eigenvalue weighted by Gasteiger charge is 2.38. The quantitative estimate of drug-likeness (QED) is 0.853. The fourth-order valence-corrected chi connectivity index (χ4v) is 4.69. The van der Waals surface area contributed by atoms with Crippen molar-refractivity contribution in [3.8, 4) is 0 Å². The Hall–Kier alpha value is -1.06. The lowest BCUT2D eigenvalue weighted by Crippen LogP contribution is -2.55. The number of benzene rings is 1. The van der Waals surface area contributed by atoms with Crippen molar-refractivity contribution in [2.45, 2.75) is 17.9 Å². The molecule has 9 heteroatoms. The van der Waals surface area contributed by atoms with Crippen LogP contribution in [0.1, 0.15) is 6.92 Å². The number of carbonyl (C=O) groups excluding carboxylic acids is 1. The summed E-state index contributed by atoms with van der Waals surface area (Å²) in [5.41, 5.74) is 0. The number of sulfonamides is 1. The molecule has 1 atom stereocenters. The van der Waals surface area contributed by atoms with Crippen LogP contribution in [0.4, 0.5) is 8.78 Å². The second-order valence-corrected chi connectivity index (χ2v) is 6.96. The van der Waals surface area contributed by atoms with Crippen LogP contribution in [-0.4, -0.2) is 37.8 Å². The zero-order chi connectivity index (χ0) is 15.1. The minimum atomic E-state index is -4.24. The van der Waals surface area contributed by atoms with E-state index >= 15 is 0 Å². The first-order valence-corrected chi connectivity index (χ1v) is 7.92. The van der Waals surface area contributed by atoms with Crippen molar-refractivity contribution in [1.29, 1.82) is 0 Å². The third-order valence-electron chi connectivity index (χ3n) is 2.97. The lowest BCUT2D eigenvalue weighted by atomic mass is 10.2. The highest BCUT2D eigenvalue weighted by atomic mass is 79.9. The first-order valence-electron chi connectivity index (χ1n) is 5.69. The van der Waals surface area contributed by atoms with E-state index < -0.39 is 38.5 Å². The molecule has 0 radical (unpaired) electrons. The molecule has 1 fully saturated rings. The number of piperazine rings is 1. The molecule has 110 valence electrons. The van der Waals surface area contributed by atoms with Gasteiger partial charge in [-0.15, -0.1) is 0 Å². The topological polar surface area (TPSA) is 66.5 Å². The van der Waals surface area contributed by atoms with E-state index in [2.05, 4.69) is 21.2 Å². The fourth-order valence-electron chi connectivity index (χ4n) is 1.98. The van der Waals surface area contributed by atoms with E-state index in [4.69, 9.17) is 0 Å². The summed E-state index contributed by atoms with van der Waals surface area (Å²) in [5, 5.41) is 2.51. The van der Waals surface area contributed by atoms with Crippen LogP contribution in [0.3, 0.4) is 0 Å². The molecule has 5 nitrogen and oxygen atoms in total. The molecule has 1 aliphatic rings. The second kappa shape index (κ2) is 5.38. The van der Waals surface area contributed by atoms with Gasteiger partial charge in [-0.05, 0) is 28.9 Å². The predicted molar refractivity (Wildman–Crippen MR) is 70.4 cm³/mol. The van der Waals surface area contributed by atoms with Gasteiger partial charge in [0, 0.05) is 23.6 Å². The van der Waals surface area contributed by atoms with E-state index in [-0.39, 0.29) is 17.6 Å². The number of carbonyl (C=O) groups is 1.